The molecule has 1 saturated heterocycles. The Bertz CT molecular complexity index is 565. The standard InChI is InChI=1S/C13H20N2O5S/c16-7-6-14-9-13(18)10-15(8-12(13)17)21(19,20)11-4-2-1-3-5-11/h1-5,12,14,16-18H,6-10H2/t12-,13+/m1/s1. The molecule has 0 unspecified atom stereocenters. The van der Waals surface area contributed by atoms with Crippen molar-refractivity contribution >= 4 is 10.0 Å². The van der Waals surface area contributed by atoms with Gasteiger partial charge in [0.15, 0.2) is 0 Å². The summed E-state index contributed by atoms with van der Waals surface area (Å²) in [5.74, 6) is 0. The fourth-order valence-corrected chi connectivity index (χ4v) is 3.85. The Kier molecular flexibility index (Phi) is 4.97. The SMILES string of the molecule is O=S(=O)(c1ccccc1)N1C[C@@H](O)[C@](O)(CNCCO)C1. The monoisotopic (exact) mass is 316 g/mol. The van der Waals surface area contributed by atoms with Gasteiger partial charge in [0.1, 0.15) is 5.60 Å². The summed E-state index contributed by atoms with van der Waals surface area (Å²) in [4.78, 5) is 0.129. The molecule has 4 N–H and O–H groups in total. The Balaban J connectivity index is 2.13. The van der Waals surface area contributed by atoms with Gasteiger partial charge in [0.2, 0.25) is 10.0 Å². The van der Waals surface area contributed by atoms with Crippen LogP contribution in [0.3, 0.4) is 0 Å². The molecule has 21 heavy (non-hydrogen) atoms. The van der Waals surface area contributed by atoms with Crippen LogP contribution in [0, 0.1) is 0 Å². The van der Waals surface area contributed by atoms with Crippen LogP contribution in [0.25, 0.3) is 0 Å². The van der Waals surface area contributed by atoms with Crippen molar-refractivity contribution in [3.63, 3.8) is 0 Å². The summed E-state index contributed by atoms with van der Waals surface area (Å²) in [7, 11) is -3.74. The van der Waals surface area contributed by atoms with Crippen molar-refractivity contribution in [2.24, 2.45) is 0 Å². The Morgan fingerprint density at radius 2 is 2.00 bits per heavy atom. The molecule has 2 rings (SSSR count). The molecule has 0 radical (unpaired) electrons. The number of hydrogen-bond acceptors (Lipinski definition) is 6. The van der Waals surface area contributed by atoms with Gasteiger partial charge in [0.05, 0.1) is 17.6 Å². The van der Waals surface area contributed by atoms with Gasteiger partial charge in [-0.05, 0) is 12.1 Å². The predicted octanol–water partition coefficient (Wildman–Crippen LogP) is -1.64. The zero-order chi connectivity index (χ0) is 15.5. The Morgan fingerprint density at radius 1 is 1.33 bits per heavy atom. The summed E-state index contributed by atoms with van der Waals surface area (Å²) >= 11 is 0. The number of rotatable bonds is 6. The van der Waals surface area contributed by atoms with Crippen molar-refractivity contribution in [3.8, 4) is 0 Å². The van der Waals surface area contributed by atoms with Crippen molar-refractivity contribution in [3.05, 3.63) is 30.3 Å². The van der Waals surface area contributed by atoms with E-state index in [4.69, 9.17) is 5.11 Å². The highest BCUT2D eigenvalue weighted by Crippen LogP contribution is 2.27. The summed E-state index contributed by atoms with van der Waals surface area (Å²) in [6, 6.07) is 7.90. The van der Waals surface area contributed by atoms with Gasteiger partial charge in [-0.1, -0.05) is 18.2 Å². The highest BCUT2D eigenvalue weighted by molar-refractivity contribution is 7.89. The first kappa shape index (κ1) is 16.3. The zero-order valence-electron chi connectivity index (χ0n) is 11.5. The minimum atomic E-state index is -3.74. The van der Waals surface area contributed by atoms with Crippen molar-refractivity contribution in [2.75, 3.05) is 32.8 Å². The molecule has 0 saturated carbocycles. The second-order valence-corrected chi connectivity index (χ2v) is 7.07. The largest absolute Gasteiger partial charge is 0.395 e. The maximum Gasteiger partial charge on any atom is 0.243 e. The minimum absolute atomic E-state index is 0.00946. The lowest BCUT2D eigenvalue weighted by atomic mass is 10.0. The summed E-state index contributed by atoms with van der Waals surface area (Å²) in [6.45, 7) is -0.174. The topological polar surface area (TPSA) is 110 Å². The third kappa shape index (κ3) is 3.42. The predicted molar refractivity (Wildman–Crippen MR) is 76.1 cm³/mol. The zero-order valence-corrected chi connectivity index (χ0v) is 12.3. The molecule has 1 fully saturated rings. The van der Waals surface area contributed by atoms with Gasteiger partial charge in [-0.2, -0.15) is 4.31 Å². The molecular weight excluding hydrogens is 296 g/mol. The van der Waals surface area contributed by atoms with Crippen LogP contribution in [0.5, 0.6) is 0 Å². The van der Waals surface area contributed by atoms with Gasteiger partial charge in [-0.3, -0.25) is 0 Å². The lowest BCUT2D eigenvalue weighted by Crippen LogP contribution is -2.50. The highest BCUT2D eigenvalue weighted by Gasteiger charge is 2.48. The normalized spacial score (nSPS) is 27.1. The average molecular weight is 316 g/mol. The molecule has 0 aliphatic carbocycles. The molecule has 8 heteroatoms. The number of aliphatic hydroxyl groups is 3. The molecule has 1 heterocycles. The fraction of sp³-hybridized carbons (Fsp3) is 0.538. The van der Waals surface area contributed by atoms with E-state index in [1.807, 2.05) is 0 Å². The van der Waals surface area contributed by atoms with Crippen LogP contribution in [0.4, 0.5) is 0 Å². The van der Waals surface area contributed by atoms with E-state index in [1.54, 1.807) is 18.2 Å². The average Bonchev–Trinajstić information content (AvgIpc) is 2.77. The maximum absolute atomic E-state index is 12.4. The van der Waals surface area contributed by atoms with E-state index in [2.05, 4.69) is 5.32 Å². The molecule has 0 bridgehead atoms. The first-order valence-corrected chi connectivity index (χ1v) is 8.11. The molecule has 1 aromatic rings. The van der Waals surface area contributed by atoms with E-state index in [0.717, 1.165) is 4.31 Å². The van der Waals surface area contributed by atoms with Crippen LogP contribution in [0.2, 0.25) is 0 Å². The molecule has 7 nitrogen and oxygen atoms in total. The Hall–Kier alpha value is -1.03. The first-order valence-electron chi connectivity index (χ1n) is 6.67. The molecule has 1 aromatic carbocycles. The van der Waals surface area contributed by atoms with Gasteiger partial charge < -0.3 is 20.6 Å². The van der Waals surface area contributed by atoms with Gasteiger partial charge in [-0.15, -0.1) is 0 Å². The molecule has 2 atom stereocenters. The number of aliphatic hydroxyl groups excluding tert-OH is 2. The van der Waals surface area contributed by atoms with Crippen LogP contribution < -0.4 is 5.32 Å². The highest BCUT2D eigenvalue weighted by atomic mass is 32.2. The molecular formula is C13H20N2O5S. The van der Waals surface area contributed by atoms with E-state index in [1.165, 1.54) is 12.1 Å². The fourth-order valence-electron chi connectivity index (χ4n) is 2.32. The lowest BCUT2D eigenvalue weighted by Gasteiger charge is -2.26. The molecule has 1 aliphatic heterocycles. The number of sulfonamides is 1. The number of hydrogen-bond donors (Lipinski definition) is 4. The smallest absolute Gasteiger partial charge is 0.243 e. The van der Waals surface area contributed by atoms with E-state index in [-0.39, 0.29) is 37.7 Å². The lowest BCUT2D eigenvalue weighted by molar-refractivity contribution is -0.0385. The van der Waals surface area contributed by atoms with E-state index < -0.39 is 21.7 Å². The van der Waals surface area contributed by atoms with Gasteiger partial charge in [-0.25, -0.2) is 8.42 Å². The molecule has 118 valence electrons. The number of nitrogens with zero attached hydrogens (tertiary/aromatic N) is 1. The van der Waals surface area contributed by atoms with Crippen LogP contribution in [0.1, 0.15) is 0 Å². The molecule has 0 spiro atoms. The Morgan fingerprint density at radius 3 is 2.62 bits per heavy atom. The third-order valence-corrected chi connectivity index (χ3v) is 5.37. The van der Waals surface area contributed by atoms with Gasteiger partial charge >= 0.3 is 0 Å². The van der Waals surface area contributed by atoms with Crippen LogP contribution in [-0.2, 0) is 10.0 Å². The molecule has 0 amide bonds. The van der Waals surface area contributed by atoms with Crippen molar-refractivity contribution in [2.45, 2.75) is 16.6 Å². The van der Waals surface area contributed by atoms with Crippen molar-refractivity contribution in [1.82, 2.24) is 9.62 Å². The van der Waals surface area contributed by atoms with Crippen molar-refractivity contribution in [1.29, 1.82) is 0 Å². The van der Waals surface area contributed by atoms with Gasteiger partial charge in [0, 0.05) is 26.2 Å². The van der Waals surface area contributed by atoms with E-state index >= 15 is 0 Å². The molecule has 0 aromatic heterocycles. The third-order valence-electron chi connectivity index (χ3n) is 3.55. The maximum atomic E-state index is 12.4. The van der Waals surface area contributed by atoms with Crippen LogP contribution >= 0.6 is 0 Å². The van der Waals surface area contributed by atoms with Gasteiger partial charge in [0.25, 0.3) is 0 Å². The second kappa shape index (κ2) is 6.39. The second-order valence-electron chi connectivity index (χ2n) is 5.13. The minimum Gasteiger partial charge on any atom is -0.395 e. The number of β-amino-alcohol motifs (C(OH)–C–C–N with tert-alkyl or cyclic N) is 2. The van der Waals surface area contributed by atoms with Crippen LogP contribution in [-0.4, -0.2) is 72.5 Å². The van der Waals surface area contributed by atoms with E-state index in [0.29, 0.717) is 0 Å². The molecule has 1 aliphatic rings. The van der Waals surface area contributed by atoms with Crippen molar-refractivity contribution < 1.29 is 23.7 Å². The summed E-state index contributed by atoms with van der Waals surface area (Å²) in [5, 5.41) is 31.8. The van der Waals surface area contributed by atoms with Crippen LogP contribution in [0.15, 0.2) is 35.2 Å². The van der Waals surface area contributed by atoms with E-state index in [9.17, 15) is 18.6 Å². The Labute approximate surface area is 123 Å². The number of benzene rings is 1. The summed E-state index contributed by atoms with van der Waals surface area (Å²) in [5.41, 5.74) is -1.56. The summed E-state index contributed by atoms with van der Waals surface area (Å²) in [6.07, 6.45) is -1.18. The first-order chi connectivity index (χ1) is 9.90. The summed E-state index contributed by atoms with van der Waals surface area (Å²) < 4.78 is 26.0. The number of nitrogens with one attached hydrogen (secondary N) is 1. The quantitative estimate of drug-likeness (QED) is 0.469.